The van der Waals surface area contributed by atoms with Crippen molar-refractivity contribution in [1.82, 2.24) is 14.7 Å². The molecule has 5 saturated carbocycles. The first-order valence-corrected chi connectivity index (χ1v) is 22.6. The summed E-state index contributed by atoms with van der Waals surface area (Å²) in [4.78, 5) is 47.9. The lowest BCUT2D eigenvalue weighted by molar-refractivity contribution is -0.250. The minimum atomic E-state index is -1.14. The van der Waals surface area contributed by atoms with Crippen molar-refractivity contribution in [3.63, 3.8) is 0 Å². The van der Waals surface area contributed by atoms with Gasteiger partial charge in [-0.25, -0.2) is 0 Å². The van der Waals surface area contributed by atoms with E-state index in [9.17, 15) is 14.7 Å². The van der Waals surface area contributed by atoms with E-state index in [4.69, 9.17) is 4.74 Å². The summed E-state index contributed by atoms with van der Waals surface area (Å²) in [5, 5.41) is 9.65. The van der Waals surface area contributed by atoms with Crippen molar-refractivity contribution >= 4 is 17.8 Å². The number of allylic oxidation sites excluding steroid dienone is 1. The molecular weight excluding hydrogens is 687 g/mol. The molecule has 55 heavy (non-hydrogen) atoms. The predicted octanol–water partition coefficient (Wildman–Crippen LogP) is 8.69. The fourth-order valence-corrected chi connectivity index (χ4v) is 15.5. The third-order valence-electron chi connectivity index (χ3n) is 18.9. The van der Waals surface area contributed by atoms with Crippen molar-refractivity contribution in [1.29, 1.82) is 0 Å². The number of likely N-dealkylation sites (tertiary alicyclic amines) is 1. The summed E-state index contributed by atoms with van der Waals surface area (Å²) in [5.41, 5.74) is 0.135. The second kappa shape index (κ2) is 14.4. The van der Waals surface area contributed by atoms with E-state index in [-0.39, 0.29) is 45.6 Å². The molecule has 2 aliphatic heterocycles. The maximum atomic E-state index is 15.4. The Balaban J connectivity index is 1.12. The molecule has 5 aliphatic carbocycles. The molecule has 0 unspecified atom stereocenters. The van der Waals surface area contributed by atoms with Crippen LogP contribution in [0.25, 0.3) is 0 Å². The van der Waals surface area contributed by atoms with Gasteiger partial charge in [-0.3, -0.25) is 19.3 Å². The van der Waals surface area contributed by atoms with Crippen LogP contribution in [0.15, 0.2) is 12.2 Å². The Morgan fingerprint density at radius 2 is 1.49 bits per heavy atom. The van der Waals surface area contributed by atoms with Crippen LogP contribution in [0.2, 0.25) is 0 Å². The van der Waals surface area contributed by atoms with Crippen LogP contribution in [0.1, 0.15) is 146 Å². The second-order valence-corrected chi connectivity index (χ2v) is 22.1. The smallest absolute Gasteiger partial charge is 0.309 e. The zero-order chi connectivity index (χ0) is 39.9. The zero-order valence-electron chi connectivity index (χ0n) is 36.3. The van der Waals surface area contributed by atoms with Gasteiger partial charge in [-0.2, -0.15) is 0 Å². The molecule has 0 bridgehead atoms. The number of amides is 1. The molecule has 0 aromatic rings. The maximum Gasteiger partial charge on any atom is 0.309 e. The van der Waals surface area contributed by atoms with Gasteiger partial charge in [0.05, 0.1) is 17.3 Å². The highest BCUT2D eigenvalue weighted by molar-refractivity contribution is 5.84. The molecule has 0 aromatic carbocycles. The monoisotopic (exact) mass is 764 g/mol. The van der Waals surface area contributed by atoms with E-state index in [0.29, 0.717) is 41.5 Å². The van der Waals surface area contributed by atoms with Crippen molar-refractivity contribution in [2.24, 2.45) is 62.1 Å². The molecule has 0 spiro atoms. The summed E-state index contributed by atoms with van der Waals surface area (Å²) in [6.45, 7) is 32.5. The van der Waals surface area contributed by atoms with Crippen molar-refractivity contribution in [3.05, 3.63) is 12.2 Å². The third-order valence-corrected chi connectivity index (χ3v) is 18.9. The molecule has 310 valence electrons. The van der Waals surface area contributed by atoms with E-state index in [2.05, 4.69) is 69.7 Å². The van der Waals surface area contributed by atoms with Crippen LogP contribution in [-0.2, 0) is 19.1 Å². The van der Waals surface area contributed by atoms with Gasteiger partial charge in [0.2, 0.25) is 5.91 Å². The molecular formula is C47H77N3O5. The van der Waals surface area contributed by atoms with Gasteiger partial charge in [0.25, 0.3) is 0 Å². The SMILES string of the molecule is C=C(C)[C@@H]1CC[C@]2(C(=O)N3CCC[C@H]3CN3CCN(CC)CC3)CC[C@]3(C)[C@H](CC[C@@H]4[C@@]5(C)CC[C@H](OC(=O)CC(C)(C)C(=O)O)C(C)(C)[C@@H]5CC[C@]43C)[C@@H]12. The molecule has 0 radical (unpaired) electrons. The Morgan fingerprint density at radius 3 is 2.15 bits per heavy atom. The van der Waals surface area contributed by atoms with Gasteiger partial charge >= 0.3 is 11.9 Å². The molecule has 7 rings (SSSR count). The Morgan fingerprint density at radius 1 is 0.800 bits per heavy atom. The van der Waals surface area contributed by atoms with Gasteiger partial charge in [0.1, 0.15) is 6.10 Å². The topological polar surface area (TPSA) is 90.4 Å². The number of carboxylic acid groups (broad SMARTS) is 1. The minimum absolute atomic E-state index is 0.109. The number of carbonyl (C=O) groups is 3. The van der Waals surface area contributed by atoms with Gasteiger partial charge in [0.15, 0.2) is 0 Å². The number of fused-ring (bicyclic) bond motifs is 7. The summed E-state index contributed by atoms with van der Waals surface area (Å²) in [7, 11) is 0. The van der Waals surface area contributed by atoms with Gasteiger partial charge in [-0.15, -0.1) is 0 Å². The number of likely N-dealkylation sites (N-methyl/N-ethyl adjacent to an activating group) is 1. The molecule has 0 aromatic heterocycles. The average Bonchev–Trinajstić information content (AvgIpc) is 3.75. The van der Waals surface area contributed by atoms with Crippen molar-refractivity contribution < 1.29 is 24.2 Å². The summed E-state index contributed by atoms with van der Waals surface area (Å²) in [6.07, 6.45) is 12.8. The summed E-state index contributed by atoms with van der Waals surface area (Å²) < 4.78 is 6.22. The van der Waals surface area contributed by atoms with E-state index < -0.39 is 11.4 Å². The van der Waals surface area contributed by atoms with E-state index in [1.807, 2.05) is 0 Å². The number of carbonyl (C=O) groups excluding carboxylic acids is 2. The number of ether oxygens (including phenoxy) is 1. The Labute approximate surface area is 333 Å². The molecule has 7 aliphatic rings. The molecule has 7 fully saturated rings. The highest BCUT2D eigenvalue weighted by Gasteiger charge is 2.72. The van der Waals surface area contributed by atoms with Crippen LogP contribution >= 0.6 is 0 Å². The highest BCUT2D eigenvalue weighted by Crippen LogP contribution is 2.77. The third kappa shape index (κ3) is 6.47. The largest absolute Gasteiger partial charge is 0.481 e. The normalized spacial score (nSPS) is 43.1. The van der Waals surface area contributed by atoms with Gasteiger partial charge < -0.3 is 19.6 Å². The molecule has 8 heteroatoms. The van der Waals surface area contributed by atoms with Gasteiger partial charge in [-0.1, -0.05) is 53.7 Å². The lowest BCUT2D eigenvalue weighted by Gasteiger charge is -2.73. The fourth-order valence-electron chi connectivity index (χ4n) is 15.5. The Kier molecular flexibility index (Phi) is 10.8. The van der Waals surface area contributed by atoms with E-state index in [0.717, 1.165) is 104 Å². The van der Waals surface area contributed by atoms with Crippen LogP contribution in [0.5, 0.6) is 0 Å². The number of nitrogens with zero attached hydrogens (tertiary/aromatic N) is 3. The zero-order valence-corrected chi connectivity index (χ0v) is 36.3. The van der Waals surface area contributed by atoms with Crippen LogP contribution in [0, 0.1) is 62.1 Å². The first kappa shape index (κ1) is 41.2. The van der Waals surface area contributed by atoms with Crippen LogP contribution in [0.4, 0.5) is 0 Å². The average molecular weight is 764 g/mol. The van der Waals surface area contributed by atoms with Crippen LogP contribution < -0.4 is 0 Å². The first-order valence-electron chi connectivity index (χ1n) is 22.6. The molecule has 2 heterocycles. The molecule has 1 N–H and O–H groups in total. The van der Waals surface area contributed by atoms with E-state index in [1.54, 1.807) is 13.8 Å². The predicted molar refractivity (Wildman–Crippen MR) is 218 cm³/mol. The number of rotatable bonds is 9. The number of carboxylic acids is 1. The fraction of sp³-hybridized carbons (Fsp3) is 0.894. The van der Waals surface area contributed by atoms with Crippen LogP contribution in [0.3, 0.4) is 0 Å². The lowest BCUT2D eigenvalue weighted by Crippen LogP contribution is -2.67. The lowest BCUT2D eigenvalue weighted by atomic mass is 9.32. The Hall–Kier alpha value is -1.93. The number of hydrogen-bond donors (Lipinski definition) is 1. The quantitative estimate of drug-likeness (QED) is 0.186. The second-order valence-electron chi connectivity index (χ2n) is 22.1. The molecule has 11 atom stereocenters. The number of piperazine rings is 1. The number of aliphatic carboxylic acids is 1. The van der Waals surface area contributed by atoms with E-state index >= 15 is 4.79 Å². The van der Waals surface area contributed by atoms with Crippen LogP contribution in [-0.4, -0.2) is 95.6 Å². The number of esters is 1. The summed E-state index contributed by atoms with van der Waals surface area (Å²) in [6, 6.07) is 0.345. The number of hydrogen-bond acceptors (Lipinski definition) is 6. The van der Waals surface area contributed by atoms with Gasteiger partial charge in [0, 0.05) is 50.7 Å². The molecule has 8 nitrogen and oxygen atoms in total. The molecule has 1 amide bonds. The first-order chi connectivity index (χ1) is 25.7. The van der Waals surface area contributed by atoms with Gasteiger partial charge in [-0.05, 0) is 150 Å². The minimum Gasteiger partial charge on any atom is -0.481 e. The maximum absolute atomic E-state index is 15.4. The Bertz CT molecular complexity index is 1520. The molecule has 2 saturated heterocycles. The van der Waals surface area contributed by atoms with Crippen molar-refractivity contribution in [3.8, 4) is 0 Å². The van der Waals surface area contributed by atoms with E-state index in [1.165, 1.54) is 24.8 Å². The van der Waals surface area contributed by atoms with Crippen molar-refractivity contribution in [2.45, 2.75) is 158 Å². The van der Waals surface area contributed by atoms with Crippen molar-refractivity contribution in [2.75, 3.05) is 45.8 Å². The standard InChI is InChI=1S/C47H77N3O5/c1-11-48-25-27-49(28-26-48)30-32-13-12-24-50(32)40(52)47-21-16-33(31(2)3)39(47)34-14-15-36-44(8)19-18-37(55-38(51)29-42(4,5)41(53)54)43(6,7)35(44)17-20-46(36,10)45(34,9)22-23-47/h32-37,39H,2,11-30H2,1,3-10H3,(H,53,54)/t32-,33-,34+,35-,36+,37-,39+,44-,45+,46+,47-/m0/s1. The highest BCUT2D eigenvalue weighted by atomic mass is 16.5. The summed E-state index contributed by atoms with van der Waals surface area (Å²) in [5.74, 6) is 1.45. The summed E-state index contributed by atoms with van der Waals surface area (Å²) >= 11 is 0.